The molecule has 1 aliphatic heterocycles. The molecular weight excluding hydrogens is 374 g/mol. The molecule has 1 aliphatic rings. The highest BCUT2D eigenvalue weighted by atomic mass is 16.5. The third kappa shape index (κ3) is 6.02. The standard InChI is InChI=1S/C20H27N5O4/c1-14(2)18-23-17(29-24-18)7-4-8-21-20(27)22-16-6-3-5-15(13-16)19(26)25-9-11-28-12-10-25/h3,5-6,13-14H,4,7-12H2,1-2H3,(H2,21,22,27). The van der Waals surface area contributed by atoms with Gasteiger partial charge in [0.05, 0.1) is 13.2 Å². The van der Waals surface area contributed by atoms with E-state index in [4.69, 9.17) is 9.26 Å². The summed E-state index contributed by atoms with van der Waals surface area (Å²) in [6.45, 7) is 6.74. The fraction of sp³-hybridized carbons (Fsp3) is 0.500. The predicted octanol–water partition coefficient (Wildman–Crippen LogP) is 2.42. The molecule has 9 heteroatoms. The number of hydrogen-bond donors (Lipinski definition) is 2. The third-order valence-corrected chi connectivity index (χ3v) is 4.52. The number of aryl methyl sites for hydroxylation is 1. The zero-order valence-corrected chi connectivity index (χ0v) is 16.8. The highest BCUT2D eigenvalue weighted by Crippen LogP contribution is 2.14. The fourth-order valence-corrected chi connectivity index (χ4v) is 2.90. The van der Waals surface area contributed by atoms with E-state index >= 15 is 0 Å². The summed E-state index contributed by atoms with van der Waals surface area (Å²) >= 11 is 0. The Morgan fingerprint density at radius 1 is 1.24 bits per heavy atom. The van der Waals surface area contributed by atoms with Crippen molar-refractivity contribution in [3.05, 3.63) is 41.5 Å². The number of anilines is 1. The lowest BCUT2D eigenvalue weighted by Gasteiger charge is -2.27. The van der Waals surface area contributed by atoms with Crippen LogP contribution in [0.25, 0.3) is 0 Å². The maximum absolute atomic E-state index is 12.5. The summed E-state index contributed by atoms with van der Waals surface area (Å²) in [5.74, 6) is 1.43. The molecule has 9 nitrogen and oxygen atoms in total. The molecule has 2 N–H and O–H groups in total. The number of hydrogen-bond acceptors (Lipinski definition) is 6. The molecule has 2 heterocycles. The molecule has 2 aromatic rings. The lowest BCUT2D eigenvalue weighted by molar-refractivity contribution is 0.0303. The van der Waals surface area contributed by atoms with Gasteiger partial charge in [0.25, 0.3) is 5.91 Å². The van der Waals surface area contributed by atoms with E-state index in [1.807, 2.05) is 13.8 Å². The number of carbonyl (C=O) groups is 2. The van der Waals surface area contributed by atoms with Crippen molar-refractivity contribution in [3.8, 4) is 0 Å². The molecular formula is C20H27N5O4. The minimum absolute atomic E-state index is 0.0577. The molecule has 0 aliphatic carbocycles. The number of aromatic nitrogens is 2. The molecule has 0 spiro atoms. The van der Waals surface area contributed by atoms with E-state index < -0.39 is 0 Å². The van der Waals surface area contributed by atoms with E-state index in [1.54, 1.807) is 29.2 Å². The monoisotopic (exact) mass is 401 g/mol. The summed E-state index contributed by atoms with van der Waals surface area (Å²) in [6, 6.07) is 6.61. The second-order valence-corrected chi connectivity index (χ2v) is 7.17. The molecule has 1 aromatic carbocycles. The Morgan fingerprint density at radius 2 is 2.03 bits per heavy atom. The van der Waals surface area contributed by atoms with Gasteiger partial charge in [0.1, 0.15) is 0 Å². The van der Waals surface area contributed by atoms with Crippen LogP contribution < -0.4 is 10.6 Å². The molecule has 29 heavy (non-hydrogen) atoms. The smallest absolute Gasteiger partial charge is 0.319 e. The average Bonchev–Trinajstić information content (AvgIpc) is 3.21. The topological polar surface area (TPSA) is 110 Å². The third-order valence-electron chi connectivity index (χ3n) is 4.52. The number of rotatable bonds is 7. The SMILES string of the molecule is CC(C)c1noc(CCCNC(=O)Nc2cccc(C(=O)N3CCOCC3)c2)n1. The Hall–Kier alpha value is -2.94. The van der Waals surface area contributed by atoms with Crippen LogP contribution in [0.1, 0.15) is 48.3 Å². The molecule has 3 rings (SSSR count). The van der Waals surface area contributed by atoms with E-state index in [0.717, 1.165) is 0 Å². The van der Waals surface area contributed by atoms with Gasteiger partial charge in [-0.25, -0.2) is 4.79 Å². The highest BCUT2D eigenvalue weighted by Gasteiger charge is 2.18. The molecule has 0 saturated carbocycles. The van der Waals surface area contributed by atoms with Gasteiger partial charge in [-0.05, 0) is 24.6 Å². The molecule has 0 radical (unpaired) electrons. The van der Waals surface area contributed by atoms with Gasteiger partial charge in [0.15, 0.2) is 5.82 Å². The van der Waals surface area contributed by atoms with Crippen molar-refractivity contribution in [1.82, 2.24) is 20.4 Å². The molecule has 1 aromatic heterocycles. The van der Waals surface area contributed by atoms with Gasteiger partial charge in [0.2, 0.25) is 5.89 Å². The zero-order chi connectivity index (χ0) is 20.6. The van der Waals surface area contributed by atoms with Crippen molar-refractivity contribution in [1.29, 1.82) is 0 Å². The summed E-state index contributed by atoms with van der Waals surface area (Å²) in [5.41, 5.74) is 1.11. The number of morpholine rings is 1. The molecule has 0 bridgehead atoms. The van der Waals surface area contributed by atoms with Gasteiger partial charge in [-0.3, -0.25) is 4.79 Å². The molecule has 1 fully saturated rings. The fourth-order valence-electron chi connectivity index (χ4n) is 2.90. The van der Waals surface area contributed by atoms with E-state index in [2.05, 4.69) is 20.8 Å². The number of benzene rings is 1. The van der Waals surface area contributed by atoms with Crippen LogP contribution in [0, 0.1) is 0 Å². The van der Waals surface area contributed by atoms with Gasteiger partial charge in [-0.15, -0.1) is 0 Å². The Bertz CT molecular complexity index is 830. The zero-order valence-electron chi connectivity index (χ0n) is 16.8. The number of urea groups is 1. The Kier molecular flexibility index (Phi) is 7.18. The number of nitrogens with zero attached hydrogens (tertiary/aromatic N) is 3. The number of ether oxygens (including phenoxy) is 1. The van der Waals surface area contributed by atoms with E-state index in [1.165, 1.54) is 0 Å². The lowest BCUT2D eigenvalue weighted by Crippen LogP contribution is -2.40. The predicted molar refractivity (Wildman–Crippen MR) is 107 cm³/mol. The first-order valence-electron chi connectivity index (χ1n) is 9.87. The summed E-state index contributed by atoms with van der Waals surface area (Å²) in [5, 5.41) is 9.47. The van der Waals surface area contributed by atoms with Gasteiger partial charge in [0, 0.05) is 43.2 Å². The number of nitrogens with one attached hydrogen (secondary N) is 2. The first-order valence-corrected chi connectivity index (χ1v) is 9.87. The molecule has 156 valence electrons. The van der Waals surface area contributed by atoms with Crippen molar-refractivity contribution >= 4 is 17.6 Å². The van der Waals surface area contributed by atoms with Crippen LogP contribution in [-0.4, -0.2) is 59.8 Å². The van der Waals surface area contributed by atoms with Crippen LogP contribution in [0.4, 0.5) is 10.5 Å². The summed E-state index contributed by atoms with van der Waals surface area (Å²) < 4.78 is 10.5. The van der Waals surface area contributed by atoms with Crippen molar-refractivity contribution < 1.29 is 18.8 Å². The first-order chi connectivity index (χ1) is 14.0. The Labute approximate surface area is 169 Å². The normalized spacial score (nSPS) is 14.1. The van der Waals surface area contributed by atoms with Crippen LogP contribution in [0.15, 0.2) is 28.8 Å². The maximum atomic E-state index is 12.5. The van der Waals surface area contributed by atoms with E-state index in [9.17, 15) is 9.59 Å². The summed E-state index contributed by atoms with van der Waals surface area (Å²) in [4.78, 5) is 30.7. The van der Waals surface area contributed by atoms with Crippen molar-refractivity contribution in [3.63, 3.8) is 0 Å². The van der Waals surface area contributed by atoms with E-state index in [0.29, 0.717) is 68.7 Å². The van der Waals surface area contributed by atoms with Gasteiger partial charge < -0.3 is 24.8 Å². The van der Waals surface area contributed by atoms with E-state index in [-0.39, 0.29) is 17.9 Å². The Morgan fingerprint density at radius 3 is 2.76 bits per heavy atom. The number of carbonyl (C=O) groups excluding carboxylic acids is 2. The number of amides is 3. The van der Waals surface area contributed by atoms with Gasteiger partial charge in [-0.2, -0.15) is 4.98 Å². The first kappa shape index (κ1) is 20.8. The maximum Gasteiger partial charge on any atom is 0.319 e. The second-order valence-electron chi connectivity index (χ2n) is 7.17. The average molecular weight is 401 g/mol. The molecule has 0 atom stereocenters. The Balaban J connectivity index is 1.43. The van der Waals surface area contributed by atoms with Crippen LogP contribution in [-0.2, 0) is 11.2 Å². The lowest BCUT2D eigenvalue weighted by atomic mass is 10.1. The summed E-state index contributed by atoms with van der Waals surface area (Å²) in [6.07, 6.45) is 1.28. The second kappa shape index (κ2) is 10.0. The van der Waals surface area contributed by atoms with Gasteiger partial charge in [-0.1, -0.05) is 25.1 Å². The minimum Gasteiger partial charge on any atom is -0.378 e. The largest absolute Gasteiger partial charge is 0.378 e. The quantitative estimate of drug-likeness (QED) is 0.690. The summed E-state index contributed by atoms with van der Waals surface area (Å²) in [7, 11) is 0. The van der Waals surface area contributed by atoms with Crippen LogP contribution in [0.2, 0.25) is 0 Å². The van der Waals surface area contributed by atoms with Crippen LogP contribution >= 0.6 is 0 Å². The van der Waals surface area contributed by atoms with Crippen LogP contribution in [0.3, 0.4) is 0 Å². The highest BCUT2D eigenvalue weighted by molar-refractivity contribution is 5.97. The van der Waals surface area contributed by atoms with Crippen LogP contribution in [0.5, 0.6) is 0 Å². The molecule has 3 amide bonds. The molecule has 0 unspecified atom stereocenters. The van der Waals surface area contributed by atoms with Crippen molar-refractivity contribution in [2.75, 3.05) is 38.2 Å². The van der Waals surface area contributed by atoms with Crippen molar-refractivity contribution in [2.24, 2.45) is 0 Å². The van der Waals surface area contributed by atoms with Crippen molar-refractivity contribution in [2.45, 2.75) is 32.6 Å². The molecule has 1 saturated heterocycles. The minimum atomic E-state index is -0.325. The van der Waals surface area contributed by atoms with Gasteiger partial charge >= 0.3 is 6.03 Å².